The lowest BCUT2D eigenvalue weighted by atomic mass is 10.2. The summed E-state index contributed by atoms with van der Waals surface area (Å²) in [5.74, 6) is 0. The number of rotatable bonds is 2. The van der Waals surface area contributed by atoms with Gasteiger partial charge in [-0.15, -0.1) is 12.6 Å². The van der Waals surface area contributed by atoms with Crippen LogP contribution in [-0.2, 0) is 0 Å². The maximum atomic E-state index is 4.42. The minimum atomic E-state index is 0.903. The summed E-state index contributed by atoms with van der Waals surface area (Å²) in [5, 5.41) is 3.07. The van der Waals surface area contributed by atoms with Gasteiger partial charge in [-0.1, -0.05) is 6.08 Å². The van der Waals surface area contributed by atoms with Crippen LogP contribution in [0.4, 0.5) is 5.69 Å². The van der Waals surface area contributed by atoms with Gasteiger partial charge in [0.05, 0.1) is 16.3 Å². The number of pyridine rings is 1. The first-order valence-corrected chi connectivity index (χ1v) is 4.64. The van der Waals surface area contributed by atoms with Gasteiger partial charge in [0.25, 0.3) is 0 Å². The standard InChI is InChI=1S/C10H14N2S/c1-4-7(2)9-10(13)8(11-3)5-6-12-9/h4-6,13H,1-3H3,(H,11,12)/b7-4+. The van der Waals surface area contributed by atoms with E-state index in [4.69, 9.17) is 0 Å². The maximum absolute atomic E-state index is 4.42. The summed E-state index contributed by atoms with van der Waals surface area (Å²) in [5.41, 5.74) is 3.09. The summed E-state index contributed by atoms with van der Waals surface area (Å²) in [7, 11) is 1.88. The fourth-order valence-corrected chi connectivity index (χ4v) is 1.50. The summed E-state index contributed by atoms with van der Waals surface area (Å²) in [6.45, 7) is 4.03. The van der Waals surface area contributed by atoms with Crippen LogP contribution >= 0.6 is 12.6 Å². The average Bonchev–Trinajstić information content (AvgIpc) is 2.17. The van der Waals surface area contributed by atoms with Gasteiger partial charge in [-0.05, 0) is 25.5 Å². The monoisotopic (exact) mass is 194 g/mol. The fourth-order valence-electron chi connectivity index (χ4n) is 1.08. The lowest BCUT2D eigenvalue weighted by Crippen LogP contribution is -1.95. The van der Waals surface area contributed by atoms with Crippen molar-refractivity contribution in [2.75, 3.05) is 12.4 Å². The quantitative estimate of drug-likeness (QED) is 0.708. The molecule has 1 rings (SSSR count). The second kappa shape index (κ2) is 4.33. The van der Waals surface area contributed by atoms with Gasteiger partial charge < -0.3 is 5.32 Å². The SMILES string of the molecule is C/C=C(\C)c1nccc(NC)c1S. The van der Waals surface area contributed by atoms with Crippen LogP contribution in [0.2, 0.25) is 0 Å². The summed E-state index contributed by atoms with van der Waals surface area (Å²) >= 11 is 4.42. The van der Waals surface area contributed by atoms with E-state index in [1.165, 1.54) is 0 Å². The molecule has 0 aliphatic carbocycles. The predicted octanol–water partition coefficient (Wildman–Crippen LogP) is 2.84. The molecule has 0 fully saturated rings. The van der Waals surface area contributed by atoms with Crippen molar-refractivity contribution >= 4 is 23.9 Å². The van der Waals surface area contributed by atoms with E-state index < -0.39 is 0 Å². The smallest absolute Gasteiger partial charge is 0.0809 e. The number of thiol groups is 1. The van der Waals surface area contributed by atoms with Gasteiger partial charge in [0.15, 0.2) is 0 Å². The van der Waals surface area contributed by atoms with E-state index in [2.05, 4.69) is 22.9 Å². The van der Waals surface area contributed by atoms with Crippen LogP contribution in [0.3, 0.4) is 0 Å². The van der Waals surface area contributed by atoms with Crippen LogP contribution in [0.1, 0.15) is 19.5 Å². The van der Waals surface area contributed by atoms with Crippen molar-refractivity contribution in [2.24, 2.45) is 0 Å². The van der Waals surface area contributed by atoms with E-state index in [9.17, 15) is 0 Å². The first-order chi connectivity index (χ1) is 6.20. The number of allylic oxidation sites excluding steroid dienone is 2. The Morgan fingerprint density at radius 2 is 2.31 bits per heavy atom. The number of anilines is 1. The predicted molar refractivity (Wildman–Crippen MR) is 60.4 cm³/mol. The van der Waals surface area contributed by atoms with Crippen molar-refractivity contribution in [2.45, 2.75) is 18.7 Å². The van der Waals surface area contributed by atoms with E-state index in [0.29, 0.717) is 0 Å². The van der Waals surface area contributed by atoms with Crippen molar-refractivity contribution in [3.63, 3.8) is 0 Å². The van der Waals surface area contributed by atoms with Crippen LogP contribution in [0, 0.1) is 0 Å². The molecule has 0 unspecified atom stereocenters. The summed E-state index contributed by atoms with van der Waals surface area (Å²) < 4.78 is 0. The Kier molecular flexibility index (Phi) is 3.37. The minimum Gasteiger partial charge on any atom is -0.387 e. The molecule has 0 radical (unpaired) electrons. The number of hydrogen-bond donors (Lipinski definition) is 2. The number of nitrogens with one attached hydrogen (secondary N) is 1. The number of aromatic nitrogens is 1. The number of nitrogens with zero attached hydrogens (tertiary/aromatic N) is 1. The second-order valence-corrected chi connectivity index (χ2v) is 3.22. The molecule has 0 bridgehead atoms. The first-order valence-electron chi connectivity index (χ1n) is 4.19. The fraction of sp³-hybridized carbons (Fsp3) is 0.300. The average molecular weight is 194 g/mol. The Balaban J connectivity index is 3.23. The Morgan fingerprint density at radius 1 is 1.62 bits per heavy atom. The molecule has 13 heavy (non-hydrogen) atoms. The molecule has 2 nitrogen and oxygen atoms in total. The molecule has 0 spiro atoms. The first kappa shape index (κ1) is 10.1. The maximum Gasteiger partial charge on any atom is 0.0809 e. The van der Waals surface area contributed by atoms with Gasteiger partial charge in [0, 0.05) is 13.2 Å². The van der Waals surface area contributed by atoms with Gasteiger partial charge in [-0.2, -0.15) is 0 Å². The van der Waals surface area contributed by atoms with Gasteiger partial charge in [-0.25, -0.2) is 0 Å². The molecule has 0 atom stereocenters. The molecular formula is C10H14N2S. The molecule has 0 aliphatic heterocycles. The molecule has 0 aliphatic rings. The Morgan fingerprint density at radius 3 is 2.85 bits per heavy atom. The third kappa shape index (κ3) is 2.04. The third-order valence-corrected chi connectivity index (χ3v) is 2.45. The second-order valence-electron chi connectivity index (χ2n) is 2.78. The largest absolute Gasteiger partial charge is 0.387 e. The van der Waals surface area contributed by atoms with Crippen molar-refractivity contribution in [3.05, 3.63) is 24.0 Å². The van der Waals surface area contributed by atoms with Crippen LogP contribution in [0.15, 0.2) is 23.2 Å². The Bertz CT molecular complexity index is 332. The van der Waals surface area contributed by atoms with Crippen LogP contribution in [-0.4, -0.2) is 12.0 Å². The van der Waals surface area contributed by atoms with E-state index in [1.54, 1.807) is 6.20 Å². The molecule has 1 N–H and O–H groups in total. The minimum absolute atomic E-state index is 0.903. The highest BCUT2D eigenvalue weighted by molar-refractivity contribution is 7.80. The molecule has 0 saturated heterocycles. The van der Waals surface area contributed by atoms with Crippen LogP contribution in [0.25, 0.3) is 5.57 Å². The van der Waals surface area contributed by atoms with Crippen LogP contribution < -0.4 is 5.32 Å². The zero-order valence-corrected chi connectivity index (χ0v) is 9.02. The van der Waals surface area contributed by atoms with Gasteiger partial charge in [-0.3, -0.25) is 4.98 Å². The summed E-state index contributed by atoms with van der Waals surface area (Å²) in [4.78, 5) is 5.18. The highest BCUT2D eigenvalue weighted by Gasteiger charge is 2.05. The normalized spacial score (nSPS) is 11.5. The zero-order valence-electron chi connectivity index (χ0n) is 8.13. The highest BCUT2D eigenvalue weighted by atomic mass is 32.1. The molecule has 1 aromatic heterocycles. The summed E-state index contributed by atoms with van der Waals surface area (Å²) in [6, 6.07) is 1.91. The van der Waals surface area contributed by atoms with Crippen molar-refractivity contribution < 1.29 is 0 Å². The van der Waals surface area contributed by atoms with Crippen LogP contribution in [0.5, 0.6) is 0 Å². The lowest BCUT2D eigenvalue weighted by Gasteiger charge is -2.08. The summed E-state index contributed by atoms with van der Waals surface area (Å²) in [6.07, 6.45) is 3.81. The number of hydrogen-bond acceptors (Lipinski definition) is 3. The molecule has 0 aromatic carbocycles. The van der Waals surface area contributed by atoms with E-state index in [0.717, 1.165) is 21.8 Å². The molecule has 3 heteroatoms. The van der Waals surface area contributed by atoms with Crippen molar-refractivity contribution in [1.29, 1.82) is 0 Å². The van der Waals surface area contributed by atoms with Gasteiger partial charge >= 0.3 is 0 Å². The molecule has 1 heterocycles. The highest BCUT2D eigenvalue weighted by Crippen LogP contribution is 2.26. The topological polar surface area (TPSA) is 24.9 Å². The van der Waals surface area contributed by atoms with E-state index in [-0.39, 0.29) is 0 Å². The molecule has 0 saturated carbocycles. The molecule has 1 aromatic rings. The zero-order chi connectivity index (χ0) is 9.84. The van der Waals surface area contributed by atoms with E-state index in [1.807, 2.05) is 33.0 Å². The van der Waals surface area contributed by atoms with Gasteiger partial charge in [0.2, 0.25) is 0 Å². The molecule has 0 amide bonds. The van der Waals surface area contributed by atoms with Crippen molar-refractivity contribution in [3.8, 4) is 0 Å². The Labute approximate surface area is 84.5 Å². The molecule has 70 valence electrons. The Hall–Kier alpha value is -0.960. The van der Waals surface area contributed by atoms with E-state index >= 15 is 0 Å². The third-order valence-electron chi connectivity index (χ3n) is 2.00. The molecular weight excluding hydrogens is 180 g/mol. The lowest BCUT2D eigenvalue weighted by molar-refractivity contribution is 1.17. The van der Waals surface area contributed by atoms with Gasteiger partial charge in [0.1, 0.15) is 0 Å². The van der Waals surface area contributed by atoms with Crippen molar-refractivity contribution in [1.82, 2.24) is 4.98 Å².